The molecule has 1 amide bonds. The topological polar surface area (TPSA) is 71.3 Å². The van der Waals surface area contributed by atoms with E-state index in [0.717, 1.165) is 19.6 Å². The fourth-order valence-corrected chi connectivity index (χ4v) is 3.71. The van der Waals surface area contributed by atoms with Crippen molar-refractivity contribution in [1.29, 1.82) is 0 Å². The van der Waals surface area contributed by atoms with E-state index in [0.29, 0.717) is 24.0 Å². The normalized spacial score (nSPS) is 15.0. The summed E-state index contributed by atoms with van der Waals surface area (Å²) in [4.78, 5) is 29.4. The minimum absolute atomic E-state index is 0.0578. The lowest BCUT2D eigenvalue weighted by Gasteiger charge is -2.35. The fourth-order valence-electron chi connectivity index (χ4n) is 3.71. The summed E-state index contributed by atoms with van der Waals surface area (Å²) in [5.41, 5.74) is 3.01. The maximum Gasteiger partial charge on any atom is 0.277 e. The zero-order valence-corrected chi connectivity index (χ0v) is 16.6. The Morgan fingerprint density at radius 3 is 2.52 bits per heavy atom. The van der Waals surface area contributed by atoms with Gasteiger partial charge in [0.05, 0.1) is 11.9 Å². The Kier molecular flexibility index (Phi) is 5.67. The van der Waals surface area contributed by atoms with Crippen molar-refractivity contribution in [1.82, 2.24) is 24.8 Å². The number of benzene rings is 2. The molecule has 4 rings (SSSR count). The van der Waals surface area contributed by atoms with Crippen molar-refractivity contribution in [2.24, 2.45) is 0 Å². The van der Waals surface area contributed by atoms with Gasteiger partial charge in [-0.2, -0.15) is 0 Å². The quantitative estimate of drug-likeness (QED) is 0.664. The molecule has 3 aromatic rings. The molecule has 1 saturated heterocycles. The Morgan fingerprint density at radius 2 is 1.72 bits per heavy atom. The van der Waals surface area contributed by atoms with Crippen LogP contribution in [0.1, 0.15) is 17.5 Å². The first kappa shape index (κ1) is 19.3. The van der Waals surface area contributed by atoms with Gasteiger partial charge in [-0.15, -0.1) is 5.10 Å². The summed E-state index contributed by atoms with van der Waals surface area (Å²) in [7, 11) is 0. The maximum absolute atomic E-state index is 12.6. The van der Waals surface area contributed by atoms with E-state index < -0.39 is 0 Å². The van der Waals surface area contributed by atoms with Crippen molar-refractivity contribution < 1.29 is 4.79 Å². The lowest BCUT2D eigenvalue weighted by Crippen LogP contribution is -2.48. The number of nitrogens with zero attached hydrogens (tertiary/aromatic N) is 5. The number of piperazine rings is 1. The third kappa shape index (κ3) is 4.35. The van der Waals surface area contributed by atoms with E-state index in [2.05, 4.69) is 46.4 Å². The second kappa shape index (κ2) is 8.53. The van der Waals surface area contributed by atoms with Gasteiger partial charge in [-0.25, -0.2) is 4.68 Å². The lowest BCUT2D eigenvalue weighted by atomic mass is 10.1. The van der Waals surface area contributed by atoms with Crippen LogP contribution in [0.5, 0.6) is 0 Å². The van der Waals surface area contributed by atoms with Crippen LogP contribution in [0.4, 0.5) is 0 Å². The molecule has 0 spiro atoms. The molecular formula is C22H25N5O2. The number of hydrogen-bond donors (Lipinski definition) is 0. The first-order chi connectivity index (χ1) is 14.1. The van der Waals surface area contributed by atoms with Gasteiger partial charge in [0.15, 0.2) is 0 Å². The second-order valence-corrected chi connectivity index (χ2v) is 7.47. The highest BCUT2D eigenvalue weighted by molar-refractivity contribution is 5.77. The number of carbonyl (C=O) groups excluding carboxylic acids is 1. The van der Waals surface area contributed by atoms with Gasteiger partial charge in [-0.3, -0.25) is 14.5 Å². The summed E-state index contributed by atoms with van der Waals surface area (Å²) in [6.45, 7) is 6.43. The van der Waals surface area contributed by atoms with Gasteiger partial charge in [0.2, 0.25) is 5.91 Å². The fraction of sp³-hybridized carbons (Fsp3) is 0.364. The van der Waals surface area contributed by atoms with Crippen LogP contribution < -0.4 is 5.56 Å². The van der Waals surface area contributed by atoms with Crippen molar-refractivity contribution in [3.05, 3.63) is 70.0 Å². The summed E-state index contributed by atoms with van der Waals surface area (Å²) in [6, 6.07) is 15.5. The van der Waals surface area contributed by atoms with Gasteiger partial charge in [0.25, 0.3) is 5.56 Å². The molecule has 7 nitrogen and oxygen atoms in total. The summed E-state index contributed by atoms with van der Waals surface area (Å²) >= 11 is 0. The highest BCUT2D eigenvalue weighted by atomic mass is 16.2. The van der Waals surface area contributed by atoms with Gasteiger partial charge in [-0.05, 0) is 30.2 Å². The van der Waals surface area contributed by atoms with Gasteiger partial charge in [0.1, 0.15) is 5.52 Å². The number of amides is 1. The smallest absolute Gasteiger partial charge is 0.277 e. The number of aryl methyl sites for hydroxylation is 2. The van der Waals surface area contributed by atoms with E-state index in [1.54, 1.807) is 18.2 Å². The zero-order chi connectivity index (χ0) is 20.2. The minimum atomic E-state index is -0.202. The first-order valence-corrected chi connectivity index (χ1v) is 9.99. The Bertz CT molecular complexity index is 1070. The molecular weight excluding hydrogens is 366 g/mol. The van der Waals surface area contributed by atoms with Gasteiger partial charge in [-0.1, -0.05) is 41.6 Å². The molecule has 1 aliphatic heterocycles. The molecule has 150 valence electrons. The Labute approximate surface area is 169 Å². The van der Waals surface area contributed by atoms with E-state index in [-0.39, 0.29) is 24.4 Å². The van der Waals surface area contributed by atoms with Crippen LogP contribution in [0.25, 0.3) is 10.9 Å². The average Bonchev–Trinajstić information content (AvgIpc) is 2.75. The molecule has 1 fully saturated rings. The monoisotopic (exact) mass is 391 g/mol. The van der Waals surface area contributed by atoms with E-state index in [4.69, 9.17) is 0 Å². The van der Waals surface area contributed by atoms with E-state index >= 15 is 0 Å². The molecule has 0 aliphatic carbocycles. The van der Waals surface area contributed by atoms with Gasteiger partial charge >= 0.3 is 0 Å². The largest absolute Gasteiger partial charge is 0.340 e. The van der Waals surface area contributed by atoms with Gasteiger partial charge in [0, 0.05) is 39.1 Å². The molecule has 2 aromatic carbocycles. The molecule has 0 unspecified atom stereocenters. The molecule has 0 atom stereocenters. The highest BCUT2D eigenvalue weighted by Crippen LogP contribution is 2.13. The van der Waals surface area contributed by atoms with Crippen molar-refractivity contribution in [2.45, 2.75) is 26.4 Å². The number of hydrogen-bond acceptors (Lipinski definition) is 5. The molecule has 0 radical (unpaired) electrons. The second-order valence-electron chi connectivity index (χ2n) is 7.47. The van der Waals surface area contributed by atoms with Crippen LogP contribution in [-0.2, 0) is 17.9 Å². The summed E-state index contributed by atoms with van der Waals surface area (Å²) in [5.74, 6) is 0.0578. The van der Waals surface area contributed by atoms with E-state index in [1.807, 2.05) is 11.0 Å². The molecule has 1 aromatic heterocycles. The van der Waals surface area contributed by atoms with Crippen molar-refractivity contribution in [3.63, 3.8) is 0 Å². The third-order valence-corrected chi connectivity index (χ3v) is 5.55. The third-order valence-electron chi connectivity index (χ3n) is 5.55. The summed E-state index contributed by atoms with van der Waals surface area (Å²) in [6.07, 6.45) is 0.255. The number of fused-ring (bicyclic) bond motifs is 1. The standard InChI is InChI=1S/C22H25N5O2/c1-17-6-2-3-7-18(17)16-25-12-14-26(15-13-25)21(28)10-11-27-22(29)19-8-4-5-9-20(19)23-24-27/h2-9H,10-16H2,1H3. The van der Waals surface area contributed by atoms with E-state index in [1.165, 1.54) is 15.8 Å². The number of aromatic nitrogens is 3. The summed E-state index contributed by atoms with van der Waals surface area (Å²) < 4.78 is 1.29. The van der Waals surface area contributed by atoms with Crippen molar-refractivity contribution >= 4 is 16.8 Å². The molecule has 29 heavy (non-hydrogen) atoms. The molecule has 0 bridgehead atoms. The average molecular weight is 391 g/mol. The number of carbonyl (C=O) groups is 1. The molecule has 1 aliphatic rings. The molecule has 2 heterocycles. The molecule has 0 saturated carbocycles. The molecule has 7 heteroatoms. The number of rotatable bonds is 5. The van der Waals surface area contributed by atoms with Crippen LogP contribution in [-0.4, -0.2) is 56.9 Å². The Morgan fingerprint density at radius 1 is 1.00 bits per heavy atom. The highest BCUT2D eigenvalue weighted by Gasteiger charge is 2.21. The predicted octanol–water partition coefficient (Wildman–Crippen LogP) is 1.83. The van der Waals surface area contributed by atoms with E-state index in [9.17, 15) is 9.59 Å². The lowest BCUT2D eigenvalue weighted by molar-refractivity contribution is -0.133. The van der Waals surface area contributed by atoms with Crippen LogP contribution in [0.15, 0.2) is 53.3 Å². The van der Waals surface area contributed by atoms with Crippen LogP contribution >= 0.6 is 0 Å². The Balaban J connectivity index is 1.31. The maximum atomic E-state index is 12.6. The van der Waals surface area contributed by atoms with Crippen LogP contribution in [0.2, 0.25) is 0 Å². The molecule has 0 N–H and O–H groups in total. The Hall–Kier alpha value is -3.06. The van der Waals surface area contributed by atoms with Crippen LogP contribution in [0, 0.1) is 6.92 Å². The van der Waals surface area contributed by atoms with Crippen molar-refractivity contribution in [2.75, 3.05) is 26.2 Å². The first-order valence-electron chi connectivity index (χ1n) is 9.99. The SMILES string of the molecule is Cc1ccccc1CN1CCN(C(=O)CCn2nnc3ccccc3c2=O)CC1. The predicted molar refractivity (Wildman–Crippen MR) is 111 cm³/mol. The summed E-state index contributed by atoms with van der Waals surface area (Å²) in [5, 5.41) is 8.56. The van der Waals surface area contributed by atoms with Crippen molar-refractivity contribution in [3.8, 4) is 0 Å². The van der Waals surface area contributed by atoms with Crippen LogP contribution in [0.3, 0.4) is 0 Å². The minimum Gasteiger partial charge on any atom is -0.340 e. The van der Waals surface area contributed by atoms with Gasteiger partial charge < -0.3 is 4.90 Å². The zero-order valence-electron chi connectivity index (χ0n) is 16.6.